The molecule has 0 radical (unpaired) electrons. The van der Waals surface area contributed by atoms with Gasteiger partial charge >= 0.3 is 0 Å². The number of aromatic nitrogens is 4. The second kappa shape index (κ2) is 4.92. The molecule has 5 heteroatoms. The first-order chi connectivity index (χ1) is 9.65. The first-order valence-electron chi connectivity index (χ1n) is 6.61. The summed E-state index contributed by atoms with van der Waals surface area (Å²) < 4.78 is 1.86. The fraction of sp³-hybridized carbons (Fsp3) is 0.267. The van der Waals surface area contributed by atoms with E-state index in [0.29, 0.717) is 0 Å². The van der Waals surface area contributed by atoms with E-state index in [4.69, 9.17) is 0 Å². The van der Waals surface area contributed by atoms with Gasteiger partial charge in [-0.1, -0.05) is 0 Å². The topological polar surface area (TPSA) is 55.1 Å². The van der Waals surface area contributed by atoms with Crippen LogP contribution in [0.4, 0.5) is 5.82 Å². The molecule has 0 aromatic carbocycles. The Kier molecular flexibility index (Phi) is 3.10. The quantitative estimate of drug-likeness (QED) is 0.792. The standard InChI is InChI=1S/C15H17N5/c1-10-8-13(4-6-16-10)9-18-14-5-7-17-15-11(2)12(3)19-20(14)15/h4-8,18H,9H2,1-3H3. The molecule has 0 bridgehead atoms. The average Bonchev–Trinajstić information content (AvgIpc) is 2.73. The second-order valence-corrected chi connectivity index (χ2v) is 4.93. The van der Waals surface area contributed by atoms with Crippen molar-refractivity contribution in [1.82, 2.24) is 19.6 Å². The monoisotopic (exact) mass is 267 g/mol. The molecular weight excluding hydrogens is 250 g/mol. The third kappa shape index (κ3) is 2.22. The summed E-state index contributed by atoms with van der Waals surface area (Å²) in [7, 11) is 0. The van der Waals surface area contributed by atoms with Crippen LogP contribution in [0.15, 0.2) is 30.6 Å². The molecule has 0 spiro atoms. The number of nitrogens with one attached hydrogen (secondary N) is 1. The summed E-state index contributed by atoms with van der Waals surface area (Å²) in [5.41, 5.74) is 5.25. The van der Waals surface area contributed by atoms with Crippen molar-refractivity contribution in [3.8, 4) is 0 Å². The van der Waals surface area contributed by atoms with Gasteiger partial charge in [0.2, 0.25) is 0 Å². The van der Waals surface area contributed by atoms with Crippen LogP contribution in [-0.2, 0) is 6.54 Å². The van der Waals surface area contributed by atoms with Gasteiger partial charge < -0.3 is 5.32 Å². The minimum Gasteiger partial charge on any atom is -0.366 e. The number of hydrogen-bond acceptors (Lipinski definition) is 4. The van der Waals surface area contributed by atoms with Gasteiger partial charge in [0.1, 0.15) is 5.82 Å². The number of anilines is 1. The largest absolute Gasteiger partial charge is 0.366 e. The average molecular weight is 267 g/mol. The van der Waals surface area contributed by atoms with Gasteiger partial charge in [-0.05, 0) is 44.5 Å². The molecule has 0 saturated carbocycles. The van der Waals surface area contributed by atoms with Gasteiger partial charge in [0.25, 0.3) is 0 Å². The van der Waals surface area contributed by atoms with Crippen LogP contribution in [-0.4, -0.2) is 19.6 Å². The van der Waals surface area contributed by atoms with Crippen molar-refractivity contribution in [2.45, 2.75) is 27.3 Å². The van der Waals surface area contributed by atoms with Crippen molar-refractivity contribution < 1.29 is 0 Å². The van der Waals surface area contributed by atoms with Crippen LogP contribution in [0, 0.1) is 20.8 Å². The molecule has 5 nitrogen and oxygen atoms in total. The fourth-order valence-corrected chi connectivity index (χ4v) is 2.20. The lowest BCUT2D eigenvalue weighted by molar-refractivity contribution is 0.906. The highest BCUT2D eigenvalue weighted by Crippen LogP contribution is 2.16. The number of nitrogens with zero attached hydrogens (tertiary/aromatic N) is 4. The Balaban J connectivity index is 1.90. The van der Waals surface area contributed by atoms with Gasteiger partial charge in [0, 0.05) is 30.2 Å². The van der Waals surface area contributed by atoms with E-state index in [2.05, 4.69) is 26.4 Å². The molecular formula is C15H17N5. The first kappa shape index (κ1) is 12.6. The van der Waals surface area contributed by atoms with Gasteiger partial charge in [-0.15, -0.1) is 0 Å². The first-order valence-corrected chi connectivity index (χ1v) is 6.61. The second-order valence-electron chi connectivity index (χ2n) is 4.93. The Hall–Kier alpha value is -2.43. The summed E-state index contributed by atoms with van der Waals surface area (Å²) in [6, 6.07) is 6.02. The van der Waals surface area contributed by atoms with Gasteiger partial charge in [0.15, 0.2) is 5.65 Å². The number of aryl methyl sites for hydroxylation is 3. The van der Waals surface area contributed by atoms with Crippen molar-refractivity contribution in [2.75, 3.05) is 5.32 Å². The highest BCUT2D eigenvalue weighted by atomic mass is 15.3. The zero-order valence-corrected chi connectivity index (χ0v) is 11.9. The Labute approximate surface area is 117 Å². The van der Waals surface area contributed by atoms with Crippen molar-refractivity contribution >= 4 is 11.5 Å². The van der Waals surface area contributed by atoms with Crippen LogP contribution >= 0.6 is 0 Å². The van der Waals surface area contributed by atoms with Crippen LogP contribution in [0.3, 0.4) is 0 Å². The van der Waals surface area contributed by atoms with Gasteiger partial charge in [0.05, 0.1) is 5.69 Å². The fourth-order valence-electron chi connectivity index (χ4n) is 2.20. The molecule has 0 saturated heterocycles. The molecule has 1 N–H and O–H groups in total. The summed E-state index contributed by atoms with van der Waals surface area (Å²) in [4.78, 5) is 8.59. The van der Waals surface area contributed by atoms with E-state index in [0.717, 1.165) is 35.0 Å². The highest BCUT2D eigenvalue weighted by Gasteiger charge is 2.08. The van der Waals surface area contributed by atoms with E-state index in [1.165, 1.54) is 5.56 Å². The smallest absolute Gasteiger partial charge is 0.160 e. The van der Waals surface area contributed by atoms with Crippen LogP contribution in [0.25, 0.3) is 5.65 Å². The predicted molar refractivity (Wildman–Crippen MR) is 78.8 cm³/mol. The van der Waals surface area contributed by atoms with E-state index in [-0.39, 0.29) is 0 Å². The number of fused-ring (bicyclic) bond motifs is 1. The molecule has 3 aromatic heterocycles. The number of hydrogen-bond donors (Lipinski definition) is 1. The van der Waals surface area contributed by atoms with Gasteiger partial charge in [-0.3, -0.25) is 4.98 Å². The third-order valence-electron chi connectivity index (χ3n) is 3.42. The molecule has 0 unspecified atom stereocenters. The van der Waals surface area contributed by atoms with Crippen molar-refractivity contribution in [3.05, 3.63) is 53.1 Å². The Morgan fingerprint density at radius 1 is 1.10 bits per heavy atom. The lowest BCUT2D eigenvalue weighted by atomic mass is 10.2. The Morgan fingerprint density at radius 2 is 1.90 bits per heavy atom. The number of rotatable bonds is 3. The van der Waals surface area contributed by atoms with E-state index < -0.39 is 0 Å². The maximum Gasteiger partial charge on any atom is 0.160 e. The molecule has 0 aliphatic carbocycles. The van der Waals surface area contributed by atoms with E-state index >= 15 is 0 Å². The predicted octanol–water partition coefficient (Wildman–Crippen LogP) is 2.66. The van der Waals surface area contributed by atoms with Crippen LogP contribution in [0.2, 0.25) is 0 Å². The molecule has 20 heavy (non-hydrogen) atoms. The van der Waals surface area contributed by atoms with E-state index in [1.54, 1.807) is 0 Å². The van der Waals surface area contributed by atoms with Gasteiger partial charge in [-0.2, -0.15) is 9.61 Å². The van der Waals surface area contributed by atoms with Crippen molar-refractivity contribution in [1.29, 1.82) is 0 Å². The van der Waals surface area contributed by atoms with Crippen LogP contribution in [0.5, 0.6) is 0 Å². The van der Waals surface area contributed by atoms with Crippen molar-refractivity contribution in [3.63, 3.8) is 0 Å². The molecule has 0 fully saturated rings. The molecule has 3 rings (SSSR count). The molecule has 3 heterocycles. The Morgan fingerprint density at radius 3 is 2.70 bits per heavy atom. The lowest BCUT2D eigenvalue weighted by Crippen LogP contribution is -2.06. The minimum absolute atomic E-state index is 0.737. The minimum atomic E-state index is 0.737. The summed E-state index contributed by atoms with van der Waals surface area (Å²) >= 11 is 0. The summed E-state index contributed by atoms with van der Waals surface area (Å²) in [5.74, 6) is 0.945. The molecule has 0 aliphatic heterocycles. The molecule has 102 valence electrons. The zero-order valence-electron chi connectivity index (χ0n) is 11.9. The summed E-state index contributed by atoms with van der Waals surface area (Å²) in [5, 5.41) is 7.93. The normalized spacial score (nSPS) is 10.9. The highest BCUT2D eigenvalue weighted by molar-refractivity contribution is 5.54. The molecule has 0 amide bonds. The maximum atomic E-state index is 4.52. The lowest BCUT2D eigenvalue weighted by Gasteiger charge is -2.08. The maximum absolute atomic E-state index is 4.52. The van der Waals surface area contributed by atoms with Crippen LogP contribution < -0.4 is 5.32 Å². The van der Waals surface area contributed by atoms with E-state index in [9.17, 15) is 0 Å². The zero-order chi connectivity index (χ0) is 14.1. The van der Waals surface area contributed by atoms with Crippen LogP contribution in [0.1, 0.15) is 22.5 Å². The SMILES string of the molecule is Cc1cc(CNc2ccnc3c(C)c(C)nn23)ccn1. The third-order valence-corrected chi connectivity index (χ3v) is 3.42. The van der Waals surface area contributed by atoms with Crippen molar-refractivity contribution in [2.24, 2.45) is 0 Å². The van der Waals surface area contributed by atoms with E-state index in [1.807, 2.05) is 49.8 Å². The molecule has 0 aliphatic rings. The van der Waals surface area contributed by atoms with Gasteiger partial charge in [-0.25, -0.2) is 4.98 Å². The number of pyridine rings is 1. The molecule has 3 aromatic rings. The summed E-state index contributed by atoms with van der Waals surface area (Å²) in [6.07, 6.45) is 3.64. The molecule has 0 atom stereocenters. The summed E-state index contributed by atoms with van der Waals surface area (Å²) in [6.45, 7) is 6.77. The Bertz CT molecular complexity index is 760.